The number of halogens is 2. The van der Waals surface area contributed by atoms with Gasteiger partial charge in [-0.25, -0.2) is 4.98 Å². The summed E-state index contributed by atoms with van der Waals surface area (Å²) in [4.78, 5) is 18.0. The number of nitrogens with zero attached hydrogens (tertiary/aromatic N) is 3. The third-order valence-electron chi connectivity index (χ3n) is 5.64. The topological polar surface area (TPSA) is 56.5 Å². The molecule has 0 N–H and O–H groups in total. The molecule has 0 aliphatic carbocycles. The van der Waals surface area contributed by atoms with Crippen LogP contribution in [0.4, 0.5) is 0 Å². The van der Waals surface area contributed by atoms with Crippen LogP contribution >= 0.6 is 38.5 Å². The van der Waals surface area contributed by atoms with Gasteiger partial charge in [0.1, 0.15) is 18.2 Å². The van der Waals surface area contributed by atoms with Crippen molar-refractivity contribution >= 4 is 55.6 Å². The molecule has 0 amide bonds. The van der Waals surface area contributed by atoms with Crippen LogP contribution in [0, 0.1) is 10.5 Å². The zero-order valence-electron chi connectivity index (χ0n) is 19.3. The van der Waals surface area contributed by atoms with Crippen molar-refractivity contribution in [2.75, 3.05) is 0 Å². The highest BCUT2D eigenvalue weighted by molar-refractivity contribution is 14.1. The van der Waals surface area contributed by atoms with Gasteiger partial charge in [-0.15, -0.1) is 0 Å². The fourth-order valence-electron chi connectivity index (χ4n) is 3.58. The van der Waals surface area contributed by atoms with Crippen LogP contribution in [0.15, 0.2) is 75.0 Å². The van der Waals surface area contributed by atoms with E-state index in [9.17, 15) is 4.79 Å². The summed E-state index contributed by atoms with van der Waals surface area (Å²) in [6.07, 6.45) is 2.56. The van der Waals surface area contributed by atoms with E-state index in [0.29, 0.717) is 23.3 Å². The zero-order valence-corrected chi connectivity index (χ0v) is 23.0. The van der Waals surface area contributed by atoms with Crippen LogP contribution in [-0.2, 0) is 6.61 Å². The molecule has 7 heteroatoms. The van der Waals surface area contributed by atoms with Gasteiger partial charge in [-0.2, -0.15) is 9.78 Å². The number of rotatable bonds is 7. The van der Waals surface area contributed by atoms with Gasteiger partial charge in [-0.1, -0.05) is 59.6 Å². The van der Waals surface area contributed by atoms with Crippen molar-refractivity contribution in [2.24, 2.45) is 5.10 Å². The molecule has 174 valence electrons. The second kappa shape index (κ2) is 10.8. The van der Waals surface area contributed by atoms with Gasteiger partial charge in [-0.05, 0) is 83.5 Å². The first-order valence-corrected chi connectivity index (χ1v) is 13.0. The Hall–Kier alpha value is -2.52. The molecule has 1 atom stereocenters. The van der Waals surface area contributed by atoms with Crippen molar-refractivity contribution in [1.82, 2.24) is 9.66 Å². The summed E-state index contributed by atoms with van der Waals surface area (Å²) in [6.45, 7) is 6.72. The fraction of sp³-hybridized carbons (Fsp3) is 0.222. The van der Waals surface area contributed by atoms with Crippen molar-refractivity contribution < 1.29 is 4.74 Å². The predicted octanol–water partition coefficient (Wildman–Crippen LogP) is 7.05. The summed E-state index contributed by atoms with van der Waals surface area (Å²) in [5.74, 6) is 1.57. The normalized spacial score (nSPS) is 12.4. The standard InChI is InChI=1S/C27H25BrIN3O2/c1-4-18(3)26-31-24-10-9-21(28)14-22(24)27(33)32(26)30-15-19-8-11-25(23(29)13-19)34-16-20-7-5-6-17(2)12-20/h5-15,18H,4,16H2,1-3H3/t18-/m0/s1. The summed E-state index contributed by atoms with van der Waals surface area (Å²) >= 11 is 5.71. The molecular formula is C27H25BrIN3O2. The highest BCUT2D eigenvalue weighted by atomic mass is 127. The van der Waals surface area contributed by atoms with E-state index in [2.05, 4.69) is 82.6 Å². The van der Waals surface area contributed by atoms with Gasteiger partial charge in [0.25, 0.3) is 5.56 Å². The summed E-state index contributed by atoms with van der Waals surface area (Å²) < 4.78 is 9.26. The molecular weight excluding hydrogens is 605 g/mol. The Kier molecular flexibility index (Phi) is 7.83. The van der Waals surface area contributed by atoms with E-state index in [1.165, 1.54) is 10.2 Å². The second-order valence-electron chi connectivity index (χ2n) is 8.27. The Morgan fingerprint density at radius 2 is 2.00 bits per heavy atom. The lowest BCUT2D eigenvalue weighted by Crippen LogP contribution is -2.23. The number of ether oxygens (including phenoxy) is 1. The first kappa shape index (κ1) is 24.6. The van der Waals surface area contributed by atoms with Crippen molar-refractivity contribution in [3.8, 4) is 5.75 Å². The van der Waals surface area contributed by atoms with Gasteiger partial charge in [0, 0.05) is 10.4 Å². The third kappa shape index (κ3) is 5.58. The summed E-state index contributed by atoms with van der Waals surface area (Å²) in [6, 6.07) is 19.7. The van der Waals surface area contributed by atoms with Crippen LogP contribution in [-0.4, -0.2) is 15.9 Å². The van der Waals surface area contributed by atoms with Crippen LogP contribution in [0.1, 0.15) is 48.7 Å². The minimum atomic E-state index is -0.175. The fourth-order valence-corrected chi connectivity index (χ4v) is 4.64. The van der Waals surface area contributed by atoms with Gasteiger partial charge in [0.15, 0.2) is 0 Å². The molecule has 5 nitrogen and oxygen atoms in total. The molecule has 0 aliphatic rings. The minimum Gasteiger partial charge on any atom is -0.488 e. The van der Waals surface area contributed by atoms with Crippen molar-refractivity contribution in [3.63, 3.8) is 0 Å². The van der Waals surface area contributed by atoms with E-state index in [-0.39, 0.29) is 11.5 Å². The maximum absolute atomic E-state index is 13.3. The molecule has 34 heavy (non-hydrogen) atoms. The number of fused-ring (bicyclic) bond motifs is 1. The molecule has 4 rings (SSSR count). The molecule has 0 bridgehead atoms. The lowest BCUT2D eigenvalue weighted by Gasteiger charge is -2.14. The smallest absolute Gasteiger partial charge is 0.282 e. The number of aromatic nitrogens is 2. The molecule has 1 heterocycles. The predicted molar refractivity (Wildman–Crippen MR) is 150 cm³/mol. The minimum absolute atomic E-state index is 0.0930. The van der Waals surface area contributed by atoms with E-state index in [4.69, 9.17) is 9.72 Å². The average molecular weight is 630 g/mol. The van der Waals surface area contributed by atoms with Crippen LogP contribution < -0.4 is 10.3 Å². The molecule has 0 spiro atoms. The van der Waals surface area contributed by atoms with E-state index in [0.717, 1.165) is 31.3 Å². The first-order chi connectivity index (χ1) is 16.4. The Labute approximate surface area is 221 Å². The number of aryl methyl sites for hydroxylation is 1. The van der Waals surface area contributed by atoms with Gasteiger partial charge in [0.05, 0.1) is 20.7 Å². The summed E-state index contributed by atoms with van der Waals surface area (Å²) in [5.41, 5.74) is 3.73. The molecule has 0 unspecified atom stereocenters. The maximum atomic E-state index is 13.3. The lowest BCUT2D eigenvalue weighted by atomic mass is 10.1. The molecule has 0 radical (unpaired) electrons. The van der Waals surface area contributed by atoms with Gasteiger partial charge >= 0.3 is 0 Å². The molecule has 0 saturated carbocycles. The van der Waals surface area contributed by atoms with Gasteiger partial charge in [0.2, 0.25) is 0 Å². The van der Waals surface area contributed by atoms with Crippen LogP contribution in [0.3, 0.4) is 0 Å². The maximum Gasteiger partial charge on any atom is 0.282 e. The quantitative estimate of drug-likeness (QED) is 0.163. The van der Waals surface area contributed by atoms with Crippen molar-refractivity contribution in [3.05, 3.63) is 102 Å². The molecule has 0 saturated heterocycles. The Morgan fingerprint density at radius 3 is 2.74 bits per heavy atom. The van der Waals surface area contributed by atoms with E-state index in [1.54, 1.807) is 12.3 Å². The van der Waals surface area contributed by atoms with E-state index < -0.39 is 0 Å². The van der Waals surface area contributed by atoms with Crippen LogP contribution in [0.2, 0.25) is 0 Å². The highest BCUT2D eigenvalue weighted by Crippen LogP contribution is 2.24. The molecule has 3 aromatic carbocycles. The molecule has 0 aliphatic heterocycles. The van der Waals surface area contributed by atoms with Crippen LogP contribution in [0.25, 0.3) is 10.9 Å². The Morgan fingerprint density at radius 1 is 1.18 bits per heavy atom. The van der Waals surface area contributed by atoms with Crippen molar-refractivity contribution in [2.45, 2.75) is 39.7 Å². The van der Waals surface area contributed by atoms with Crippen LogP contribution in [0.5, 0.6) is 5.75 Å². The molecule has 0 fully saturated rings. The van der Waals surface area contributed by atoms with E-state index in [1.807, 2.05) is 36.4 Å². The summed E-state index contributed by atoms with van der Waals surface area (Å²) in [7, 11) is 0. The SMILES string of the molecule is CC[C@H](C)c1nc2ccc(Br)cc2c(=O)n1N=Cc1ccc(OCc2cccc(C)c2)c(I)c1. The second-order valence-corrected chi connectivity index (χ2v) is 10.3. The van der Waals surface area contributed by atoms with Crippen molar-refractivity contribution in [1.29, 1.82) is 0 Å². The zero-order chi connectivity index (χ0) is 24.2. The monoisotopic (exact) mass is 629 g/mol. The van der Waals surface area contributed by atoms with E-state index >= 15 is 0 Å². The first-order valence-electron chi connectivity index (χ1n) is 11.1. The average Bonchev–Trinajstić information content (AvgIpc) is 2.82. The molecule has 1 aromatic heterocycles. The number of benzene rings is 3. The lowest BCUT2D eigenvalue weighted by molar-refractivity contribution is 0.304. The number of hydrogen-bond acceptors (Lipinski definition) is 4. The largest absolute Gasteiger partial charge is 0.488 e. The highest BCUT2D eigenvalue weighted by Gasteiger charge is 2.15. The Balaban J connectivity index is 1.62. The van der Waals surface area contributed by atoms with Gasteiger partial charge < -0.3 is 4.74 Å². The third-order valence-corrected chi connectivity index (χ3v) is 6.98. The Bertz CT molecular complexity index is 1430. The summed E-state index contributed by atoms with van der Waals surface area (Å²) in [5, 5.41) is 5.09. The molecule has 4 aromatic rings. The number of hydrogen-bond donors (Lipinski definition) is 0. The van der Waals surface area contributed by atoms with Gasteiger partial charge in [-0.3, -0.25) is 4.79 Å².